The lowest BCUT2D eigenvalue weighted by Gasteiger charge is -2.16. The lowest BCUT2D eigenvalue weighted by molar-refractivity contribution is -0.123. The second-order valence-electron chi connectivity index (χ2n) is 6.11. The van der Waals surface area contributed by atoms with Gasteiger partial charge in [-0.3, -0.25) is 9.59 Å². The third kappa shape index (κ3) is 4.09. The molecule has 2 N–H and O–H groups in total. The van der Waals surface area contributed by atoms with Gasteiger partial charge in [-0.2, -0.15) is 5.01 Å². The largest absolute Gasteiger partial charge is 0.463 e. The van der Waals surface area contributed by atoms with Crippen LogP contribution in [0.25, 0.3) is 17.0 Å². The minimum Gasteiger partial charge on any atom is -0.463 e. The third-order valence-corrected chi connectivity index (χ3v) is 5.62. The Balaban J connectivity index is 1.53. The lowest BCUT2D eigenvalue weighted by Crippen LogP contribution is -2.46. The molecular formula is C20H12ClN3O4S2. The molecule has 0 bridgehead atoms. The highest BCUT2D eigenvalue weighted by atomic mass is 35.5. The van der Waals surface area contributed by atoms with E-state index in [2.05, 4.69) is 10.7 Å². The maximum atomic E-state index is 12.7. The highest BCUT2D eigenvalue weighted by Gasteiger charge is 2.34. The number of para-hydroxylation sites is 1. The number of nitrogens with zero attached hydrogens (tertiary/aromatic N) is 1. The summed E-state index contributed by atoms with van der Waals surface area (Å²) in [5.41, 5.74) is 3.23. The van der Waals surface area contributed by atoms with E-state index < -0.39 is 11.9 Å². The number of carbonyl (C=O) groups excluding carboxylic acids is 2. The average Bonchev–Trinajstić information content (AvgIpc) is 2.97. The van der Waals surface area contributed by atoms with Crippen LogP contribution in [-0.4, -0.2) is 21.3 Å². The molecular weight excluding hydrogens is 446 g/mol. The molecule has 2 heterocycles. The van der Waals surface area contributed by atoms with Gasteiger partial charge in [0.15, 0.2) is 9.75 Å². The molecule has 0 spiro atoms. The molecule has 1 aliphatic heterocycles. The molecule has 10 heteroatoms. The number of rotatable bonds is 3. The summed E-state index contributed by atoms with van der Waals surface area (Å²) in [5, 5.41) is 4.36. The fraction of sp³-hybridized carbons (Fsp3) is 0. The minimum atomic E-state index is -0.667. The summed E-state index contributed by atoms with van der Waals surface area (Å²) >= 11 is 12.0. The normalized spacial score (nSPS) is 15.1. The Morgan fingerprint density at radius 3 is 2.77 bits per heavy atom. The van der Waals surface area contributed by atoms with Gasteiger partial charge in [0.2, 0.25) is 0 Å². The zero-order valence-corrected chi connectivity index (χ0v) is 17.4. The van der Waals surface area contributed by atoms with Gasteiger partial charge in [-0.15, -0.1) is 0 Å². The van der Waals surface area contributed by atoms with E-state index in [0.717, 1.165) is 16.8 Å². The molecule has 150 valence electrons. The first kappa shape index (κ1) is 20.1. The van der Waals surface area contributed by atoms with Crippen molar-refractivity contribution in [3.05, 3.63) is 80.5 Å². The molecule has 1 fully saturated rings. The summed E-state index contributed by atoms with van der Waals surface area (Å²) in [7, 11) is 0. The van der Waals surface area contributed by atoms with E-state index >= 15 is 0 Å². The highest BCUT2D eigenvalue weighted by molar-refractivity contribution is 8.26. The van der Waals surface area contributed by atoms with Gasteiger partial charge in [0.25, 0.3) is 5.91 Å². The van der Waals surface area contributed by atoms with E-state index in [1.807, 2.05) is 0 Å². The van der Waals surface area contributed by atoms with E-state index in [1.54, 1.807) is 48.5 Å². The molecule has 7 nitrogen and oxygen atoms in total. The van der Waals surface area contributed by atoms with E-state index in [4.69, 9.17) is 28.2 Å². The summed E-state index contributed by atoms with van der Waals surface area (Å²) in [5.74, 6) is -0.557. The Hall–Kier alpha value is -3.14. The summed E-state index contributed by atoms with van der Waals surface area (Å²) in [6.07, 6.45) is 2.69. The number of thiocarbonyl (C=S) groups is 1. The first-order valence-electron chi connectivity index (χ1n) is 8.54. The molecule has 1 saturated heterocycles. The van der Waals surface area contributed by atoms with E-state index in [9.17, 15) is 14.4 Å². The number of amides is 3. The number of benzene rings is 2. The molecule has 1 aliphatic rings. The van der Waals surface area contributed by atoms with Gasteiger partial charge in [-0.1, -0.05) is 41.6 Å². The highest BCUT2D eigenvalue weighted by Crippen LogP contribution is 2.31. The summed E-state index contributed by atoms with van der Waals surface area (Å²) in [6.45, 7) is 0. The van der Waals surface area contributed by atoms with Gasteiger partial charge in [0.05, 0.1) is 15.9 Å². The first-order chi connectivity index (χ1) is 14.4. The topological polar surface area (TPSA) is 91.7 Å². The number of fused-ring (bicyclic) bond motifs is 1. The van der Waals surface area contributed by atoms with Crippen LogP contribution in [0.5, 0.6) is 0 Å². The number of hydrazine groups is 1. The number of halogens is 1. The Kier molecular flexibility index (Phi) is 5.58. The van der Waals surface area contributed by atoms with Crippen LogP contribution in [0.3, 0.4) is 0 Å². The number of carbonyl (C=O) groups is 2. The lowest BCUT2D eigenvalue weighted by atomic mass is 10.1. The predicted molar refractivity (Wildman–Crippen MR) is 121 cm³/mol. The van der Waals surface area contributed by atoms with Crippen LogP contribution in [0.15, 0.2) is 68.9 Å². The quantitative estimate of drug-likeness (QED) is 0.448. The number of urea groups is 1. The standard InChI is InChI=1S/C20H12ClN3O4S2/c21-12-4-3-5-13(9-12)22-19(27)23-24-18(26)16(30-20(24)29)8-11-10-28-15-7-2-1-6-14(15)17(11)25/h1-10H,(H2,22,23,27). The van der Waals surface area contributed by atoms with Gasteiger partial charge in [0, 0.05) is 10.7 Å². The molecule has 0 saturated carbocycles. The predicted octanol–water partition coefficient (Wildman–Crippen LogP) is 4.38. The van der Waals surface area contributed by atoms with E-state index in [0.29, 0.717) is 21.7 Å². The summed E-state index contributed by atoms with van der Waals surface area (Å²) in [6, 6.07) is 12.7. The van der Waals surface area contributed by atoms with Crippen molar-refractivity contribution in [3.8, 4) is 0 Å². The van der Waals surface area contributed by atoms with Crippen LogP contribution < -0.4 is 16.2 Å². The zero-order chi connectivity index (χ0) is 21.3. The van der Waals surface area contributed by atoms with Crippen molar-refractivity contribution in [1.82, 2.24) is 10.4 Å². The number of anilines is 1. The number of nitrogens with one attached hydrogen (secondary N) is 2. The molecule has 2 aromatic carbocycles. The summed E-state index contributed by atoms with van der Waals surface area (Å²) < 4.78 is 5.58. The van der Waals surface area contributed by atoms with Crippen molar-refractivity contribution in [3.63, 3.8) is 0 Å². The van der Waals surface area contributed by atoms with Crippen LogP contribution in [0.1, 0.15) is 5.56 Å². The molecule has 3 aromatic rings. The fourth-order valence-corrected chi connectivity index (χ4v) is 4.09. The SMILES string of the molecule is O=C(Nc1cccc(Cl)c1)NN1C(=O)C(=Cc2coc3ccccc3c2=O)SC1=S. The van der Waals surface area contributed by atoms with Crippen LogP contribution in [-0.2, 0) is 4.79 Å². The van der Waals surface area contributed by atoms with Crippen molar-refractivity contribution in [2.45, 2.75) is 0 Å². The van der Waals surface area contributed by atoms with Crippen molar-refractivity contribution in [1.29, 1.82) is 0 Å². The van der Waals surface area contributed by atoms with E-state index in [-0.39, 0.29) is 20.2 Å². The molecule has 3 amide bonds. The van der Waals surface area contributed by atoms with Crippen molar-refractivity contribution in [2.24, 2.45) is 0 Å². The second kappa shape index (κ2) is 8.31. The van der Waals surface area contributed by atoms with Crippen LogP contribution in [0.2, 0.25) is 5.02 Å². The smallest absolute Gasteiger partial charge is 0.338 e. The number of thioether (sulfide) groups is 1. The summed E-state index contributed by atoms with van der Waals surface area (Å²) in [4.78, 5) is 37.7. The van der Waals surface area contributed by atoms with Gasteiger partial charge in [0.1, 0.15) is 11.8 Å². The maximum Gasteiger partial charge on any atom is 0.338 e. The van der Waals surface area contributed by atoms with Crippen LogP contribution >= 0.6 is 35.6 Å². The molecule has 30 heavy (non-hydrogen) atoms. The van der Waals surface area contributed by atoms with Crippen molar-refractivity contribution >= 4 is 74.6 Å². The molecule has 0 aliphatic carbocycles. The van der Waals surface area contributed by atoms with E-state index in [1.165, 1.54) is 12.3 Å². The number of hydrogen-bond donors (Lipinski definition) is 2. The van der Waals surface area contributed by atoms with Crippen LogP contribution in [0.4, 0.5) is 10.5 Å². The van der Waals surface area contributed by atoms with Crippen molar-refractivity contribution < 1.29 is 14.0 Å². The fourth-order valence-electron chi connectivity index (χ4n) is 2.72. The second-order valence-corrected chi connectivity index (χ2v) is 8.22. The first-order valence-corrected chi connectivity index (χ1v) is 10.1. The van der Waals surface area contributed by atoms with Crippen molar-refractivity contribution in [2.75, 3.05) is 5.32 Å². The molecule has 4 rings (SSSR count). The molecule has 0 atom stereocenters. The Morgan fingerprint density at radius 2 is 1.97 bits per heavy atom. The minimum absolute atomic E-state index is 0.123. The Morgan fingerprint density at radius 1 is 1.17 bits per heavy atom. The Bertz CT molecular complexity index is 1290. The van der Waals surface area contributed by atoms with Gasteiger partial charge in [-0.25, -0.2) is 10.2 Å². The third-order valence-electron chi connectivity index (χ3n) is 4.08. The molecule has 0 unspecified atom stereocenters. The van der Waals surface area contributed by atoms with Gasteiger partial charge >= 0.3 is 6.03 Å². The molecule has 0 radical (unpaired) electrons. The maximum absolute atomic E-state index is 12.7. The van der Waals surface area contributed by atoms with Crippen LogP contribution in [0, 0.1) is 0 Å². The van der Waals surface area contributed by atoms with Gasteiger partial charge < -0.3 is 9.73 Å². The van der Waals surface area contributed by atoms with Gasteiger partial charge in [-0.05, 0) is 48.6 Å². The number of hydrogen-bond acceptors (Lipinski definition) is 6. The Labute approximate surface area is 184 Å². The zero-order valence-electron chi connectivity index (χ0n) is 15.0. The molecule has 1 aromatic heterocycles. The monoisotopic (exact) mass is 457 g/mol. The average molecular weight is 458 g/mol.